The summed E-state index contributed by atoms with van der Waals surface area (Å²) in [6.07, 6.45) is 4.20. The number of carbonyl (C=O) groups excluding carboxylic acids is 1. The molecule has 130 valence electrons. The van der Waals surface area contributed by atoms with Crippen molar-refractivity contribution in [2.75, 3.05) is 39.5 Å². The fraction of sp³-hybridized carbons (Fsp3) is 0.800. The number of hydrogen-bond donors (Lipinski definition) is 2. The SMILES string of the molecule is C=C(C)C(=O)NCCCC[N+](C)(C)CCCCCS(=O)(=O)O. The number of nitrogens with zero attached hydrogens (tertiary/aromatic N) is 1. The van der Waals surface area contributed by atoms with Gasteiger partial charge in [0.25, 0.3) is 10.1 Å². The van der Waals surface area contributed by atoms with E-state index in [-0.39, 0.29) is 11.7 Å². The average Bonchev–Trinajstić information content (AvgIpc) is 2.35. The Labute approximate surface area is 134 Å². The molecular weight excluding hydrogens is 304 g/mol. The molecule has 1 amide bonds. The number of nitrogens with one attached hydrogen (secondary N) is 1. The molecular formula is C15H31N2O4S+. The number of carbonyl (C=O) groups is 1. The zero-order chi connectivity index (χ0) is 17.2. The van der Waals surface area contributed by atoms with E-state index in [0.29, 0.717) is 18.5 Å². The van der Waals surface area contributed by atoms with Gasteiger partial charge in [0.2, 0.25) is 5.91 Å². The van der Waals surface area contributed by atoms with Gasteiger partial charge in [0.1, 0.15) is 0 Å². The summed E-state index contributed by atoms with van der Waals surface area (Å²) in [7, 11) is 0.477. The van der Waals surface area contributed by atoms with Crippen molar-refractivity contribution in [1.82, 2.24) is 5.32 Å². The highest BCUT2D eigenvalue weighted by molar-refractivity contribution is 7.85. The summed E-state index contributed by atoms with van der Waals surface area (Å²) in [5.41, 5.74) is 0.529. The van der Waals surface area contributed by atoms with E-state index in [2.05, 4.69) is 26.0 Å². The van der Waals surface area contributed by atoms with Crippen LogP contribution in [0.5, 0.6) is 0 Å². The van der Waals surface area contributed by atoms with Crippen LogP contribution in [0.4, 0.5) is 0 Å². The molecule has 0 aliphatic rings. The van der Waals surface area contributed by atoms with E-state index in [0.717, 1.165) is 43.3 Å². The molecule has 0 aliphatic heterocycles. The van der Waals surface area contributed by atoms with Crippen LogP contribution in [0.15, 0.2) is 12.2 Å². The highest BCUT2D eigenvalue weighted by atomic mass is 32.2. The van der Waals surface area contributed by atoms with Gasteiger partial charge in [0.05, 0.1) is 32.9 Å². The summed E-state index contributed by atoms with van der Waals surface area (Å²) in [6, 6.07) is 0. The first-order chi connectivity index (χ1) is 10.0. The number of quaternary nitrogens is 1. The van der Waals surface area contributed by atoms with E-state index in [1.165, 1.54) is 0 Å². The first kappa shape index (κ1) is 21.1. The maximum atomic E-state index is 11.3. The van der Waals surface area contributed by atoms with Crippen LogP contribution in [0.25, 0.3) is 0 Å². The van der Waals surface area contributed by atoms with Gasteiger partial charge < -0.3 is 9.80 Å². The molecule has 6 nitrogen and oxygen atoms in total. The minimum absolute atomic E-state index is 0.0902. The Kier molecular flexibility index (Phi) is 9.55. The van der Waals surface area contributed by atoms with E-state index < -0.39 is 10.1 Å². The highest BCUT2D eigenvalue weighted by Crippen LogP contribution is 2.07. The van der Waals surface area contributed by atoms with Gasteiger partial charge in [-0.05, 0) is 39.0 Å². The Bertz CT molecular complexity index is 458. The van der Waals surface area contributed by atoms with Gasteiger partial charge in [-0.1, -0.05) is 6.58 Å². The molecule has 0 radical (unpaired) electrons. The second kappa shape index (κ2) is 9.97. The van der Waals surface area contributed by atoms with Crippen molar-refractivity contribution in [2.45, 2.75) is 39.0 Å². The van der Waals surface area contributed by atoms with Crippen molar-refractivity contribution in [3.05, 3.63) is 12.2 Å². The molecule has 0 bridgehead atoms. The number of unbranched alkanes of at least 4 members (excludes halogenated alkanes) is 3. The minimum Gasteiger partial charge on any atom is -0.352 e. The molecule has 0 heterocycles. The third-order valence-electron chi connectivity index (χ3n) is 3.53. The van der Waals surface area contributed by atoms with Gasteiger partial charge >= 0.3 is 0 Å². The van der Waals surface area contributed by atoms with Crippen LogP contribution in [0, 0.1) is 0 Å². The predicted octanol–water partition coefficient (Wildman–Crippen LogP) is 1.59. The second-order valence-corrected chi connectivity index (χ2v) is 8.05. The van der Waals surface area contributed by atoms with Crippen LogP contribution in [0.1, 0.15) is 39.0 Å². The summed E-state index contributed by atoms with van der Waals surface area (Å²) in [5.74, 6) is -0.240. The predicted molar refractivity (Wildman–Crippen MR) is 89.2 cm³/mol. The standard InChI is InChI=1S/C15H30N2O4S/c1-14(2)15(18)16-10-6-8-12-17(3,4)11-7-5-9-13-22(19,20)21/h1,5-13H2,2-4H3,(H-,16,18,19,20,21)/p+1. The fourth-order valence-corrected chi connectivity index (χ4v) is 2.70. The van der Waals surface area contributed by atoms with Crippen LogP contribution in [0.3, 0.4) is 0 Å². The lowest BCUT2D eigenvalue weighted by atomic mass is 10.2. The van der Waals surface area contributed by atoms with Crippen molar-refractivity contribution in [2.24, 2.45) is 0 Å². The molecule has 0 saturated carbocycles. The topological polar surface area (TPSA) is 83.5 Å². The van der Waals surface area contributed by atoms with E-state index in [4.69, 9.17) is 4.55 Å². The molecule has 0 fully saturated rings. The largest absolute Gasteiger partial charge is 0.352 e. The Balaban J connectivity index is 3.69. The lowest BCUT2D eigenvalue weighted by Crippen LogP contribution is -2.41. The van der Waals surface area contributed by atoms with Gasteiger partial charge in [0.15, 0.2) is 0 Å². The Morgan fingerprint density at radius 1 is 1.09 bits per heavy atom. The molecule has 0 aliphatic carbocycles. The molecule has 0 unspecified atom stereocenters. The lowest BCUT2D eigenvalue weighted by molar-refractivity contribution is -0.890. The van der Waals surface area contributed by atoms with Gasteiger partial charge in [-0.3, -0.25) is 9.35 Å². The summed E-state index contributed by atoms with van der Waals surface area (Å²) in [4.78, 5) is 11.3. The molecule has 0 aromatic rings. The maximum Gasteiger partial charge on any atom is 0.264 e. The number of rotatable bonds is 12. The van der Waals surface area contributed by atoms with Crippen molar-refractivity contribution < 1.29 is 22.2 Å². The molecule has 0 saturated heterocycles. The van der Waals surface area contributed by atoms with Crippen LogP contribution in [0.2, 0.25) is 0 Å². The molecule has 0 atom stereocenters. The fourth-order valence-electron chi connectivity index (χ4n) is 2.13. The number of hydrogen-bond acceptors (Lipinski definition) is 3. The summed E-state index contributed by atoms with van der Waals surface area (Å²) >= 11 is 0. The first-order valence-electron chi connectivity index (χ1n) is 7.74. The Morgan fingerprint density at radius 3 is 2.14 bits per heavy atom. The molecule has 0 rings (SSSR count). The highest BCUT2D eigenvalue weighted by Gasteiger charge is 2.14. The van der Waals surface area contributed by atoms with Gasteiger partial charge in [0, 0.05) is 12.1 Å². The van der Waals surface area contributed by atoms with Crippen LogP contribution in [-0.2, 0) is 14.9 Å². The monoisotopic (exact) mass is 335 g/mol. The lowest BCUT2D eigenvalue weighted by Gasteiger charge is -2.30. The van der Waals surface area contributed by atoms with Gasteiger partial charge in [-0.25, -0.2) is 0 Å². The Morgan fingerprint density at radius 2 is 1.64 bits per heavy atom. The molecule has 2 N–H and O–H groups in total. The van der Waals surface area contributed by atoms with Crippen LogP contribution >= 0.6 is 0 Å². The molecule has 22 heavy (non-hydrogen) atoms. The zero-order valence-corrected chi connectivity index (χ0v) is 14.9. The number of amides is 1. The summed E-state index contributed by atoms with van der Waals surface area (Å²) in [6.45, 7) is 7.94. The van der Waals surface area contributed by atoms with E-state index in [9.17, 15) is 13.2 Å². The maximum absolute atomic E-state index is 11.3. The summed E-state index contributed by atoms with van der Waals surface area (Å²) < 4.78 is 30.7. The zero-order valence-electron chi connectivity index (χ0n) is 14.1. The Hall–Kier alpha value is -0.920. The first-order valence-corrected chi connectivity index (χ1v) is 9.35. The van der Waals surface area contributed by atoms with Gasteiger partial charge in [-0.2, -0.15) is 8.42 Å². The molecule has 0 aromatic carbocycles. The van der Waals surface area contributed by atoms with Crippen molar-refractivity contribution in [3.63, 3.8) is 0 Å². The molecule has 0 spiro atoms. The smallest absolute Gasteiger partial charge is 0.264 e. The second-order valence-electron chi connectivity index (χ2n) is 6.47. The van der Waals surface area contributed by atoms with Crippen molar-refractivity contribution in [3.8, 4) is 0 Å². The van der Waals surface area contributed by atoms with Gasteiger partial charge in [-0.15, -0.1) is 0 Å². The quantitative estimate of drug-likeness (QED) is 0.245. The third kappa shape index (κ3) is 12.8. The molecule has 0 aromatic heterocycles. The van der Waals surface area contributed by atoms with Crippen molar-refractivity contribution in [1.29, 1.82) is 0 Å². The van der Waals surface area contributed by atoms with E-state index in [1.54, 1.807) is 6.92 Å². The van der Waals surface area contributed by atoms with E-state index in [1.807, 2.05) is 0 Å². The van der Waals surface area contributed by atoms with Crippen molar-refractivity contribution >= 4 is 16.0 Å². The van der Waals surface area contributed by atoms with Crippen LogP contribution < -0.4 is 5.32 Å². The minimum atomic E-state index is -3.82. The van der Waals surface area contributed by atoms with E-state index >= 15 is 0 Å². The third-order valence-corrected chi connectivity index (χ3v) is 4.33. The summed E-state index contributed by atoms with van der Waals surface area (Å²) in [5, 5.41) is 2.82. The average molecular weight is 335 g/mol. The normalized spacial score (nSPS) is 12.2. The van der Waals surface area contributed by atoms with Crippen LogP contribution in [-0.4, -0.2) is 62.8 Å². The molecule has 7 heteroatoms.